The van der Waals surface area contributed by atoms with Crippen LogP contribution >= 0.6 is 0 Å². The maximum Gasteiger partial charge on any atom is 0.251 e. The lowest BCUT2D eigenvalue weighted by molar-refractivity contribution is 0.0921. The van der Waals surface area contributed by atoms with Crippen molar-refractivity contribution >= 4 is 5.91 Å². The molecule has 0 unspecified atom stereocenters. The molecule has 4 rings (SSSR count). The highest BCUT2D eigenvalue weighted by Gasteiger charge is 2.33. The number of nitrogens with one attached hydrogen (secondary N) is 1. The highest BCUT2D eigenvalue weighted by Crippen LogP contribution is 2.27. The van der Waals surface area contributed by atoms with Gasteiger partial charge in [-0.25, -0.2) is 0 Å². The molecule has 26 heavy (non-hydrogen) atoms. The first-order valence-corrected chi connectivity index (χ1v) is 9.01. The summed E-state index contributed by atoms with van der Waals surface area (Å²) in [6, 6.07) is 9.68. The average molecular weight is 353 g/mol. The topological polar surface area (TPSA) is 74.7 Å². The maximum atomic E-state index is 12.4. The SMILES string of the molecule is O=C(N[C@@H]1CN(Cc2ccc3c(c2)CCO3)C[C@H]1CO)c1ccncc1. The summed E-state index contributed by atoms with van der Waals surface area (Å²) in [5.41, 5.74) is 3.10. The smallest absolute Gasteiger partial charge is 0.251 e. The summed E-state index contributed by atoms with van der Waals surface area (Å²) < 4.78 is 5.56. The van der Waals surface area contributed by atoms with Crippen LogP contribution in [-0.4, -0.2) is 53.2 Å². The number of aromatic nitrogens is 1. The van der Waals surface area contributed by atoms with Gasteiger partial charge in [0.1, 0.15) is 5.75 Å². The van der Waals surface area contributed by atoms with Crippen molar-refractivity contribution in [2.24, 2.45) is 5.92 Å². The first kappa shape index (κ1) is 17.0. The number of hydrogen-bond donors (Lipinski definition) is 2. The number of likely N-dealkylation sites (tertiary alicyclic amines) is 1. The van der Waals surface area contributed by atoms with Gasteiger partial charge >= 0.3 is 0 Å². The largest absolute Gasteiger partial charge is 0.493 e. The summed E-state index contributed by atoms with van der Waals surface area (Å²) in [6.07, 6.45) is 4.18. The Morgan fingerprint density at radius 3 is 2.92 bits per heavy atom. The van der Waals surface area contributed by atoms with Crippen LogP contribution in [0.15, 0.2) is 42.7 Å². The van der Waals surface area contributed by atoms with Crippen molar-refractivity contribution in [3.8, 4) is 5.75 Å². The third-order valence-corrected chi connectivity index (χ3v) is 5.17. The number of fused-ring (bicyclic) bond motifs is 1. The monoisotopic (exact) mass is 353 g/mol. The third kappa shape index (κ3) is 3.57. The van der Waals surface area contributed by atoms with Crippen LogP contribution in [0.2, 0.25) is 0 Å². The Kier molecular flexibility index (Phi) is 4.86. The second-order valence-corrected chi connectivity index (χ2v) is 6.99. The average Bonchev–Trinajstić information content (AvgIpc) is 3.28. The number of amides is 1. The molecule has 1 fully saturated rings. The predicted octanol–water partition coefficient (Wildman–Crippen LogP) is 1.24. The van der Waals surface area contributed by atoms with Crippen molar-refractivity contribution in [3.05, 3.63) is 59.4 Å². The van der Waals surface area contributed by atoms with Crippen LogP contribution in [0.25, 0.3) is 0 Å². The number of rotatable bonds is 5. The normalized spacial score (nSPS) is 22.0. The van der Waals surface area contributed by atoms with E-state index in [1.54, 1.807) is 24.5 Å². The summed E-state index contributed by atoms with van der Waals surface area (Å²) in [5.74, 6) is 0.914. The number of carbonyl (C=O) groups is 1. The second kappa shape index (κ2) is 7.43. The molecule has 0 bridgehead atoms. The number of pyridine rings is 1. The van der Waals surface area contributed by atoms with Crippen LogP contribution in [0.3, 0.4) is 0 Å². The fraction of sp³-hybridized carbons (Fsp3) is 0.400. The molecule has 2 aromatic rings. The van der Waals surface area contributed by atoms with Gasteiger partial charge in [-0.3, -0.25) is 14.7 Å². The Bertz CT molecular complexity index is 781. The molecular formula is C20H23N3O3. The number of aliphatic hydroxyl groups is 1. The molecule has 2 aliphatic rings. The minimum atomic E-state index is -0.118. The molecular weight excluding hydrogens is 330 g/mol. The zero-order valence-corrected chi connectivity index (χ0v) is 14.6. The quantitative estimate of drug-likeness (QED) is 0.846. The van der Waals surface area contributed by atoms with Gasteiger partial charge in [-0.1, -0.05) is 12.1 Å². The van der Waals surface area contributed by atoms with Gasteiger partial charge in [-0.2, -0.15) is 0 Å². The zero-order chi connectivity index (χ0) is 17.9. The van der Waals surface area contributed by atoms with E-state index in [0.717, 1.165) is 38.4 Å². The fourth-order valence-corrected chi connectivity index (χ4v) is 3.79. The molecule has 136 valence electrons. The Balaban J connectivity index is 1.40. The van der Waals surface area contributed by atoms with E-state index >= 15 is 0 Å². The Morgan fingerprint density at radius 1 is 1.27 bits per heavy atom. The summed E-state index contributed by atoms with van der Waals surface area (Å²) in [4.78, 5) is 18.6. The third-order valence-electron chi connectivity index (χ3n) is 5.17. The van der Waals surface area contributed by atoms with Gasteiger partial charge in [-0.05, 0) is 29.3 Å². The van der Waals surface area contributed by atoms with Crippen molar-refractivity contribution < 1.29 is 14.6 Å². The highest BCUT2D eigenvalue weighted by atomic mass is 16.5. The molecule has 1 aromatic carbocycles. The summed E-state index contributed by atoms with van der Waals surface area (Å²) >= 11 is 0. The molecule has 1 saturated heterocycles. The number of aliphatic hydroxyl groups excluding tert-OH is 1. The molecule has 2 aliphatic heterocycles. The van der Waals surface area contributed by atoms with Crippen LogP contribution < -0.4 is 10.1 Å². The second-order valence-electron chi connectivity index (χ2n) is 6.99. The van der Waals surface area contributed by atoms with E-state index in [1.165, 1.54) is 11.1 Å². The van der Waals surface area contributed by atoms with Crippen LogP contribution in [0.5, 0.6) is 5.75 Å². The van der Waals surface area contributed by atoms with Crippen molar-refractivity contribution in [3.63, 3.8) is 0 Å². The molecule has 3 heterocycles. The number of hydrogen-bond acceptors (Lipinski definition) is 5. The van der Waals surface area contributed by atoms with Crippen molar-refractivity contribution in [2.45, 2.75) is 19.0 Å². The van der Waals surface area contributed by atoms with Gasteiger partial charge in [-0.15, -0.1) is 0 Å². The molecule has 0 aliphatic carbocycles. The summed E-state index contributed by atoms with van der Waals surface area (Å²) in [7, 11) is 0. The van der Waals surface area contributed by atoms with Gasteiger partial charge < -0.3 is 15.2 Å². The first-order valence-electron chi connectivity index (χ1n) is 9.01. The standard InChI is InChI=1S/C20H23N3O3/c24-13-17-11-23(10-14-1-2-19-16(9-14)5-8-26-19)12-18(17)22-20(25)15-3-6-21-7-4-15/h1-4,6-7,9,17-18,24H,5,8,10-13H2,(H,22,25)/t17-,18+/m0/s1. The Morgan fingerprint density at radius 2 is 2.12 bits per heavy atom. The van der Waals surface area contributed by atoms with E-state index in [2.05, 4.69) is 27.3 Å². The first-order chi connectivity index (χ1) is 12.7. The zero-order valence-electron chi connectivity index (χ0n) is 14.6. The number of benzene rings is 1. The van der Waals surface area contributed by atoms with Gasteiger partial charge in [0.2, 0.25) is 0 Å². The van der Waals surface area contributed by atoms with Crippen molar-refractivity contribution in [2.75, 3.05) is 26.3 Å². The minimum Gasteiger partial charge on any atom is -0.493 e. The highest BCUT2D eigenvalue weighted by molar-refractivity contribution is 5.94. The fourth-order valence-electron chi connectivity index (χ4n) is 3.79. The van der Waals surface area contributed by atoms with E-state index in [4.69, 9.17) is 4.74 Å². The molecule has 6 heteroatoms. The molecule has 0 saturated carbocycles. The predicted molar refractivity (Wildman–Crippen MR) is 97.0 cm³/mol. The Labute approximate surface area is 152 Å². The van der Waals surface area contributed by atoms with E-state index in [1.807, 2.05) is 6.07 Å². The van der Waals surface area contributed by atoms with E-state index < -0.39 is 0 Å². The number of nitrogens with zero attached hydrogens (tertiary/aromatic N) is 2. The molecule has 0 spiro atoms. The van der Waals surface area contributed by atoms with Crippen LogP contribution in [0.4, 0.5) is 0 Å². The van der Waals surface area contributed by atoms with Crippen molar-refractivity contribution in [1.29, 1.82) is 0 Å². The van der Waals surface area contributed by atoms with Crippen LogP contribution in [-0.2, 0) is 13.0 Å². The summed E-state index contributed by atoms with van der Waals surface area (Å²) in [6.45, 7) is 3.14. The molecule has 6 nitrogen and oxygen atoms in total. The lowest BCUT2D eigenvalue weighted by atomic mass is 10.0. The number of carbonyl (C=O) groups excluding carboxylic acids is 1. The van der Waals surface area contributed by atoms with Gasteiger partial charge in [0.25, 0.3) is 5.91 Å². The van der Waals surface area contributed by atoms with Crippen molar-refractivity contribution in [1.82, 2.24) is 15.2 Å². The van der Waals surface area contributed by atoms with E-state index in [9.17, 15) is 9.90 Å². The van der Waals surface area contributed by atoms with Crippen LogP contribution in [0, 0.1) is 5.92 Å². The van der Waals surface area contributed by atoms with Crippen LogP contribution in [0.1, 0.15) is 21.5 Å². The molecule has 1 aromatic heterocycles. The summed E-state index contributed by atoms with van der Waals surface area (Å²) in [5, 5.41) is 12.8. The van der Waals surface area contributed by atoms with Gasteiger partial charge in [0, 0.05) is 62.6 Å². The lowest BCUT2D eigenvalue weighted by Gasteiger charge is -2.18. The lowest BCUT2D eigenvalue weighted by Crippen LogP contribution is -2.41. The minimum absolute atomic E-state index is 0.0403. The van der Waals surface area contributed by atoms with E-state index in [-0.39, 0.29) is 24.5 Å². The van der Waals surface area contributed by atoms with E-state index in [0.29, 0.717) is 5.56 Å². The van der Waals surface area contributed by atoms with Gasteiger partial charge in [0.05, 0.1) is 6.61 Å². The molecule has 2 N–H and O–H groups in total. The molecule has 0 radical (unpaired) electrons. The molecule has 2 atom stereocenters. The number of ether oxygens (including phenoxy) is 1. The maximum absolute atomic E-state index is 12.4. The van der Waals surface area contributed by atoms with Gasteiger partial charge in [0.15, 0.2) is 0 Å². The molecule has 1 amide bonds. The Hall–Kier alpha value is -2.44.